The summed E-state index contributed by atoms with van der Waals surface area (Å²) in [5.74, 6) is 1.35. The largest absolute Gasteiger partial charge is 0.491 e. The molecule has 1 rings (SSSR count). The quantitative estimate of drug-likeness (QED) is 0.722. The van der Waals surface area contributed by atoms with Crippen molar-refractivity contribution in [1.82, 2.24) is 0 Å². The molecule has 0 spiro atoms. The highest BCUT2D eigenvalue weighted by atomic mass is 16.5. The second-order valence-electron chi connectivity index (χ2n) is 4.87. The van der Waals surface area contributed by atoms with E-state index in [9.17, 15) is 5.11 Å². The molecule has 0 aliphatic rings. The molecule has 1 aromatic carbocycles. The highest BCUT2D eigenvalue weighted by Crippen LogP contribution is 2.28. The van der Waals surface area contributed by atoms with Gasteiger partial charge in [-0.1, -0.05) is 32.0 Å². The Balaban J connectivity index is 2.62. The summed E-state index contributed by atoms with van der Waals surface area (Å²) in [5, 5.41) is 10.2. The van der Waals surface area contributed by atoms with Gasteiger partial charge in [0.05, 0.1) is 12.7 Å². The van der Waals surface area contributed by atoms with Crippen molar-refractivity contribution in [2.45, 2.75) is 32.8 Å². The van der Waals surface area contributed by atoms with Gasteiger partial charge in [0.1, 0.15) is 12.4 Å². The van der Waals surface area contributed by atoms with Crippen LogP contribution in [0.1, 0.15) is 38.4 Å². The SMILES string of the molecule is COCCOc1ccccc1C(O)CCC(C)C. The molecule has 0 aliphatic carbocycles. The molecule has 0 fully saturated rings. The smallest absolute Gasteiger partial charge is 0.125 e. The Hall–Kier alpha value is -1.06. The van der Waals surface area contributed by atoms with E-state index in [2.05, 4.69) is 13.8 Å². The molecule has 1 unspecified atom stereocenters. The normalized spacial score (nSPS) is 12.7. The second kappa shape index (κ2) is 8.11. The zero-order valence-corrected chi connectivity index (χ0v) is 11.6. The van der Waals surface area contributed by atoms with Gasteiger partial charge in [0.2, 0.25) is 0 Å². The van der Waals surface area contributed by atoms with Crippen LogP contribution in [0.3, 0.4) is 0 Å². The molecule has 0 radical (unpaired) electrons. The molecule has 1 N–H and O–H groups in total. The maximum absolute atomic E-state index is 10.2. The number of hydrogen-bond donors (Lipinski definition) is 1. The third kappa shape index (κ3) is 5.07. The fourth-order valence-electron chi connectivity index (χ4n) is 1.77. The Kier molecular flexibility index (Phi) is 6.76. The van der Waals surface area contributed by atoms with Crippen LogP contribution in [0.25, 0.3) is 0 Å². The zero-order valence-electron chi connectivity index (χ0n) is 11.6. The Labute approximate surface area is 110 Å². The van der Waals surface area contributed by atoms with Crippen molar-refractivity contribution in [3.05, 3.63) is 29.8 Å². The zero-order chi connectivity index (χ0) is 13.4. The van der Waals surface area contributed by atoms with Gasteiger partial charge in [0, 0.05) is 12.7 Å². The molecule has 102 valence electrons. The number of aliphatic hydroxyl groups excluding tert-OH is 1. The van der Waals surface area contributed by atoms with E-state index in [1.807, 2.05) is 24.3 Å². The van der Waals surface area contributed by atoms with Crippen LogP contribution in [0.4, 0.5) is 0 Å². The fraction of sp³-hybridized carbons (Fsp3) is 0.600. The van der Waals surface area contributed by atoms with Gasteiger partial charge < -0.3 is 14.6 Å². The van der Waals surface area contributed by atoms with Crippen molar-refractivity contribution in [2.75, 3.05) is 20.3 Å². The van der Waals surface area contributed by atoms with Crippen LogP contribution < -0.4 is 4.74 Å². The van der Waals surface area contributed by atoms with Crippen molar-refractivity contribution in [3.8, 4) is 5.75 Å². The molecule has 0 saturated carbocycles. The Bertz CT molecular complexity index is 336. The maximum atomic E-state index is 10.2. The predicted molar refractivity (Wildman–Crippen MR) is 72.8 cm³/mol. The maximum Gasteiger partial charge on any atom is 0.125 e. The van der Waals surface area contributed by atoms with Crippen molar-refractivity contribution >= 4 is 0 Å². The minimum atomic E-state index is -0.453. The third-order valence-corrected chi connectivity index (χ3v) is 2.84. The van der Waals surface area contributed by atoms with Crippen LogP contribution in [-0.4, -0.2) is 25.4 Å². The molecule has 1 atom stereocenters. The van der Waals surface area contributed by atoms with Crippen molar-refractivity contribution in [1.29, 1.82) is 0 Å². The summed E-state index contributed by atoms with van der Waals surface area (Å²) in [7, 11) is 1.65. The van der Waals surface area contributed by atoms with E-state index in [-0.39, 0.29) is 0 Å². The second-order valence-corrected chi connectivity index (χ2v) is 4.87. The van der Waals surface area contributed by atoms with Crippen molar-refractivity contribution < 1.29 is 14.6 Å². The molecule has 1 aromatic rings. The lowest BCUT2D eigenvalue weighted by Crippen LogP contribution is -2.08. The molecule has 0 amide bonds. The molecular formula is C15H24O3. The Morgan fingerprint density at radius 2 is 1.83 bits per heavy atom. The molecule has 3 heteroatoms. The van der Waals surface area contributed by atoms with Crippen LogP contribution in [0.15, 0.2) is 24.3 Å². The lowest BCUT2D eigenvalue weighted by Gasteiger charge is -2.16. The van der Waals surface area contributed by atoms with E-state index < -0.39 is 6.10 Å². The van der Waals surface area contributed by atoms with Gasteiger partial charge in [-0.3, -0.25) is 0 Å². The molecule has 0 saturated heterocycles. The number of methoxy groups -OCH3 is 1. The van der Waals surface area contributed by atoms with Gasteiger partial charge in [-0.15, -0.1) is 0 Å². The first-order valence-electron chi connectivity index (χ1n) is 6.54. The first-order chi connectivity index (χ1) is 8.65. The lowest BCUT2D eigenvalue weighted by atomic mass is 9.99. The van der Waals surface area contributed by atoms with Crippen LogP contribution in [-0.2, 0) is 4.74 Å². The summed E-state index contributed by atoms with van der Waals surface area (Å²) in [6.45, 7) is 5.38. The van der Waals surface area contributed by atoms with Gasteiger partial charge in [0.15, 0.2) is 0 Å². The topological polar surface area (TPSA) is 38.7 Å². The van der Waals surface area contributed by atoms with Crippen LogP contribution in [0.2, 0.25) is 0 Å². The van der Waals surface area contributed by atoms with Crippen molar-refractivity contribution in [3.63, 3.8) is 0 Å². The molecule has 0 aromatic heterocycles. The average Bonchev–Trinajstić information content (AvgIpc) is 2.37. The van der Waals surface area contributed by atoms with Crippen LogP contribution in [0, 0.1) is 5.92 Å². The van der Waals surface area contributed by atoms with E-state index in [1.54, 1.807) is 7.11 Å². The number of aliphatic hydroxyl groups is 1. The highest BCUT2D eigenvalue weighted by Gasteiger charge is 2.13. The van der Waals surface area contributed by atoms with E-state index in [4.69, 9.17) is 9.47 Å². The Morgan fingerprint density at radius 1 is 1.11 bits per heavy atom. The first kappa shape index (κ1) is 15.0. The summed E-state index contributed by atoms with van der Waals surface area (Å²) in [4.78, 5) is 0. The number of para-hydroxylation sites is 1. The third-order valence-electron chi connectivity index (χ3n) is 2.84. The standard InChI is InChI=1S/C15H24O3/c1-12(2)8-9-14(16)13-6-4-5-7-15(13)18-11-10-17-3/h4-7,12,14,16H,8-11H2,1-3H3. The summed E-state index contributed by atoms with van der Waals surface area (Å²) in [5.41, 5.74) is 0.870. The van der Waals surface area contributed by atoms with Gasteiger partial charge in [-0.05, 0) is 24.8 Å². The van der Waals surface area contributed by atoms with E-state index in [0.717, 1.165) is 24.2 Å². The molecule has 18 heavy (non-hydrogen) atoms. The number of benzene rings is 1. The summed E-state index contributed by atoms with van der Waals surface area (Å²) in [6.07, 6.45) is 1.32. The predicted octanol–water partition coefficient (Wildman–Crippen LogP) is 3.18. The molecule has 0 heterocycles. The minimum Gasteiger partial charge on any atom is -0.491 e. The molecule has 0 aliphatic heterocycles. The first-order valence-corrected chi connectivity index (χ1v) is 6.54. The summed E-state index contributed by atoms with van der Waals surface area (Å²) < 4.78 is 10.6. The lowest BCUT2D eigenvalue weighted by molar-refractivity contribution is 0.134. The van der Waals surface area contributed by atoms with Gasteiger partial charge >= 0.3 is 0 Å². The molecule has 3 nitrogen and oxygen atoms in total. The fourth-order valence-corrected chi connectivity index (χ4v) is 1.77. The average molecular weight is 252 g/mol. The summed E-state index contributed by atoms with van der Waals surface area (Å²) in [6, 6.07) is 7.66. The van der Waals surface area contributed by atoms with E-state index >= 15 is 0 Å². The highest BCUT2D eigenvalue weighted by molar-refractivity contribution is 5.35. The number of hydrogen-bond acceptors (Lipinski definition) is 3. The van der Waals surface area contributed by atoms with E-state index in [0.29, 0.717) is 19.1 Å². The van der Waals surface area contributed by atoms with E-state index in [1.165, 1.54) is 0 Å². The molecular weight excluding hydrogens is 228 g/mol. The van der Waals surface area contributed by atoms with Crippen LogP contribution in [0.5, 0.6) is 5.75 Å². The van der Waals surface area contributed by atoms with Gasteiger partial charge in [-0.25, -0.2) is 0 Å². The Morgan fingerprint density at radius 3 is 2.50 bits per heavy atom. The monoisotopic (exact) mass is 252 g/mol. The minimum absolute atomic E-state index is 0.453. The van der Waals surface area contributed by atoms with Gasteiger partial charge in [-0.2, -0.15) is 0 Å². The summed E-state index contributed by atoms with van der Waals surface area (Å²) >= 11 is 0. The number of rotatable bonds is 8. The van der Waals surface area contributed by atoms with Crippen LogP contribution >= 0.6 is 0 Å². The van der Waals surface area contributed by atoms with Crippen molar-refractivity contribution in [2.24, 2.45) is 5.92 Å². The molecule has 0 bridgehead atoms. The number of ether oxygens (including phenoxy) is 2. The van der Waals surface area contributed by atoms with Gasteiger partial charge in [0.25, 0.3) is 0 Å².